The van der Waals surface area contributed by atoms with Gasteiger partial charge in [-0.25, -0.2) is 29.3 Å². The molecule has 0 spiro atoms. The molecule has 4 aromatic carbocycles. The molecular formula is C112H114FN21O. The molecule has 17 heterocycles. The number of aromatic nitrogens is 17. The lowest BCUT2D eigenvalue weighted by atomic mass is 10.0. The number of hydrogen-bond donors (Lipinski definition) is 8. The summed E-state index contributed by atoms with van der Waals surface area (Å²) in [6.45, 7) is 19.5. The van der Waals surface area contributed by atoms with E-state index in [0.29, 0.717) is 30.3 Å². The van der Waals surface area contributed by atoms with Crippen LogP contribution in [0.25, 0.3) is 116 Å². The Bertz CT molecular complexity index is 7770. The van der Waals surface area contributed by atoms with Gasteiger partial charge in [0.2, 0.25) is 0 Å². The zero-order valence-corrected chi connectivity index (χ0v) is 77.7. The molecule has 23 heteroatoms. The highest BCUT2D eigenvalue weighted by atomic mass is 19.1. The first-order chi connectivity index (χ1) is 66.2. The summed E-state index contributed by atoms with van der Waals surface area (Å²) in [7, 11) is 1.71. The molecule has 22 rings (SSSR count). The topological polar surface area (TPSA) is 246 Å². The van der Waals surface area contributed by atoms with Gasteiger partial charge in [-0.05, 0) is 195 Å². The molecule has 1 saturated carbocycles. The van der Waals surface area contributed by atoms with Crippen molar-refractivity contribution >= 4 is 94.6 Å². The molecule has 1 aliphatic rings. The van der Waals surface area contributed by atoms with Gasteiger partial charge in [0, 0.05) is 268 Å². The minimum absolute atomic E-state index is 0.259. The van der Waals surface area contributed by atoms with Crippen molar-refractivity contribution in [1.82, 2.24) is 81.8 Å². The predicted octanol–water partition coefficient (Wildman–Crippen LogP) is 25.1. The van der Waals surface area contributed by atoms with Crippen LogP contribution in [0.2, 0.25) is 0 Å². The quantitative estimate of drug-likeness (QED) is 0.0189. The number of imidazole rings is 5. The van der Waals surface area contributed by atoms with E-state index in [2.05, 4.69) is 302 Å². The van der Waals surface area contributed by atoms with E-state index >= 15 is 0 Å². The first-order valence-electron chi connectivity index (χ1n) is 47.3. The molecule has 1 aliphatic carbocycles. The van der Waals surface area contributed by atoms with Gasteiger partial charge in [0.1, 0.15) is 11.5 Å². The molecule has 0 radical (unpaired) electrons. The number of anilines is 4. The minimum Gasteiger partial charge on any atom is -0.385 e. The van der Waals surface area contributed by atoms with E-state index in [0.717, 1.165) is 179 Å². The van der Waals surface area contributed by atoms with Crippen LogP contribution in [0.3, 0.4) is 0 Å². The number of nitrogens with one attached hydrogen (secondary N) is 8. The zero-order valence-electron chi connectivity index (χ0n) is 77.7. The predicted molar refractivity (Wildman–Crippen MR) is 548 cm³/mol. The van der Waals surface area contributed by atoms with Crippen molar-refractivity contribution in [2.75, 3.05) is 61.2 Å². The van der Waals surface area contributed by atoms with Gasteiger partial charge in [-0.1, -0.05) is 133 Å². The second kappa shape index (κ2) is 40.4. The SMILES string of the molecule is C#Cc1cncc(-c2cc(NCCc3c[nH]c4ccccc34)c3ncc(C(C)CC)n3c2)c1.CCC(C)c1cnc2c(NCCc3c[nH]c4ccccc34)cc(-c3cnc4ccccn34)cn12.CCC(C)c1cnc2c(NCCc3c[nH]c4ccccc34)cc(-c3cncc(C4CC4)c3)cn12.COCCC(C)c1cnc2c(NCCc3c[nH]c4ccccc34)cc(-c3cncc(F)c3)cn12. The summed E-state index contributed by atoms with van der Waals surface area (Å²) in [5.74, 6) is 4.55. The second-order valence-electron chi connectivity index (χ2n) is 35.7. The fourth-order valence-electron chi connectivity index (χ4n) is 18.4. The summed E-state index contributed by atoms with van der Waals surface area (Å²) < 4.78 is 30.2. The number of hydrogen-bond acceptors (Lipinski definition) is 13. The lowest BCUT2D eigenvalue weighted by molar-refractivity contribution is 0.189. The average molecular weight is 1790 g/mol. The largest absolute Gasteiger partial charge is 0.385 e. The smallest absolute Gasteiger partial charge is 0.160 e. The summed E-state index contributed by atoms with van der Waals surface area (Å²) in [5, 5.41) is 19.7. The Hall–Kier alpha value is -15.4. The molecule has 680 valence electrons. The van der Waals surface area contributed by atoms with Crippen molar-refractivity contribution in [3.8, 4) is 57.0 Å². The van der Waals surface area contributed by atoms with Gasteiger partial charge in [0.25, 0.3) is 0 Å². The third-order valence-corrected chi connectivity index (χ3v) is 26.8. The molecule has 0 saturated heterocycles. The normalized spacial score (nSPS) is 13.0. The van der Waals surface area contributed by atoms with Gasteiger partial charge < -0.3 is 63.5 Å². The number of H-pyrrole nitrogens is 4. The van der Waals surface area contributed by atoms with Crippen LogP contribution in [0.1, 0.15) is 173 Å². The Morgan fingerprint density at radius 3 is 1.17 bits per heavy atom. The van der Waals surface area contributed by atoms with Crippen molar-refractivity contribution in [3.05, 3.63) is 344 Å². The average Bonchev–Trinajstić information content (AvgIpc) is 1.72. The van der Waals surface area contributed by atoms with E-state index < -0.39 is 0 Å². The first-order valence-corrected chi connectivity index (χ1v) is 47.3. The number of nitrogens with zero attached hydrogens (tertiary/aromatic N) is 13. The Morgan fingerprint density at radius 2 is 0.770 bits per heavy atom. The summed E-state index contributed by atoms with van der Waals surface area (Å²) in [6.07, 6.45) is 55.4. The molecule has 1 fully saturated rings. The molecule has 0 aliphatic heterocycles. The van der Waals surface area contributed by atoms with Gasteiger partial charge in [0.15, 0.2) is 22.6 Å². The van der Waals surface area contributed by atoms with Crippen LogP contribution in [0.4, 0.5) is 27.1 Å². The van der Waals surface area contributed by atoms with E-state index in [-0.39, 0.29) is 11.7 Å². The third-order valence-electron chi connectivity index (χ3n) is 26.8. The van der Waals surface area contributed by atoms with Crippen LogP contribution in [0.15, 0.2) is 282 Å². The molecule has 22 nitrogen and oxygen atoms in total. The van der Waals surface area contributed by atoms with Crippen molar-refractivity contribution in [1.29, 1.82) is 0 Å². The van der Waals surface area contributed by atoms with Gasteiger partial charge >= 0.3 is 0 Å². The fraction of sp³-hybridized carbons (Fsp3) is 0.250. The van der Waals surface area contributed by atoms with E-state index in [1.165, 1.54) is 119 Å². The molecule has 4 unspecified atom stereocenters. The van der Waals surface area contributed by atoms with Crippen LogP contribution in [-0.2, 0) is 30.4 Å². The second-order valence-corrected chi connectivity index (χ2v) is 35.7. The highest BCUT2D eigenvalue weighted by Crippen LogP contribution is 2.42. The number of benzene rings is 4. The monoisotopic (exact) mass is 1790 g/mol. The standard InChI is InChI=1S/C29H31N5.C28H28N6.C28H27N5.C27H28FN5O/c1-3-19(2)28-17-33-29-27(31-11-10-21-16-32-26-7-5-4-6-25(21)26)13-24(18-34(28)29)23-12-22(14-30-15-23)20-8-9-20;1-3-19(2)25-16-32-28-24(29-12-11-20-15-30-23-9-5-4-8-22(20)23)14-21(18-34(25)28)26-17-31-27-10-6-7-13-33(26)27;1-4-19(3)27-17-32-28-26(30-11-10-21-16-31-25-9-7-6-8-24(21)25)13-23(18-33(27)28)22-12-20(5-2)14-29-15-22;1-18(8-10-34-2)26-16-32-27-25(12-21(17-33(26)27)20-11-22(28)15-29-13-20)30-9-7-19-14-31-24-6-4-3-5-23(19)24/h4-7,12-20,31-32H,3,8-11H2,1-2H3;4-10,13-19,29-30H,3,11-12H2,1-2H3;2,6-9,12-19,30-31H,4,10-11H2,1,3H3;3-6,11-18,30-31H,7-10H2,1-2H3. The van der Waals surface area contributed by atoms with Crippen molar-refractivity contribution in [2.45, 2.75) is 142 Å². The van der Waals surface area contributed by atoms with Crippen LogP contribution in [0.5, 0.6) is 0 Å². The number of aromatic amines is 4. The van der Waals surface area contributed by atoms with E-state index in [9.17, 15) is 4.39 Å². The Kier molecular flexibility index (Phi) is 26.6. The lowest BCUT2D eigenvalue weighted by Crippen LogP contribution is -2.08. The summed E-state index contributed by atoms with van der Waals surface area (Å²) >= 11 is 0. The molecule has 0 amide bonds. The Morgan fingerprint density at radius 1 is 0.400 bits per heavy atom. The van der Waals surface area contributed by atoms with E-state index in [1.807, 2.05) is 92.2 Å². The number of para-hydroxylation sites is 4. The summed E-state index contributed by atoms with van der Waals surface area (Å²) in [6, 6.07) is 54.2. The number of methoxy groups -OCH3 is 1. The fourth-order valence-corrected chi connectivity index (χ4v) is 18.4. The summed E-state index contributed by atoms with van der Waals surface area (Å²) in [5.41, 5.74) is 33.8. The number of ether oxygens (including phenoxy) is 1. The highest BCUT2D eigenvalue weighted by molar-refractivity contribution is 5.88. The van der Waals surface area contributed by atoms with Crippen molar-refractivity contribution in [2.24, 2.45) is 0 Å². The maximum absolute atomic E-state index is 13.9. The maximum atomic E-state index is 13.9. The molecule has 17 aromatic heterocycles. The molecule has 8 N–H and O–H groups in total. The van der Waals surface area contributed by atoms with Gasteiger partial charge in [-0.2, -0.15) is 0 Å². The zero-order chi connectivity index (χ0) is 92.4. The first kappa shape index (κ1) is 88.8. The maximum Gasteiger partial charge on any atom is 0.160 e. The van der Waals surface area contributed by atoms with Gasteiger partial charge in [-0.15, -0.1) is 6.42 Å². The van der Waals surface area contributed by atoms with Crippen LogP contribution >= 0.6 is 0 Å². The Labute approximate surface area is 784 Å². The molecule has 135 heavy (non-hydrogen) atoms. The lowest BCUT2D eigenvalue weighted by Gasteiger charge is -2.15. The third kappa shape index (κ3) is 19.2. The number of rotatable bonds is 31. The molecule has 0 bridgehead atoms. The highest BCUT2D eigenvalue weighted by Gasteiger charge is 2.26. The van der Waals surface area contributed by atoms with Crippen molar-refractivity contribution < 1.29 is 9.13 Å². The number of pyridine rings is 8. The Balaban J connectivity index is 0.000000116. The summed E-state index contributed by atoms with van der Waals surface area (Å²) in [4.78, 5) is 50.1. The van der Waals surface area contributed by atoms with E-state index in [1.54, 1.807) is 19.5 Å². The molecule has 4 atom stereocenters. The van der Waals surface area contributed by atoms with Crippen molar-refractivity contribution in [3.63, 3.8) is 0 Å². The van der Waals surface area contributed by atoms with Crippen LogP contribution < -0.4 is 21.3 Å². The molecular weight excluding hydrogens is 1670 g/mol. The van der Waals surface area contributed by atoms with Crippen LogP contribution in [-0.4, -0.2) is 122 Å². The van der Waals surface area contributed by atoms with Crippen LogP contribution in [0, 0.1) is 18.2 Å². The number of terminal acetylenes is 1. The van der Waals surface area contributed by atoms with Gasteiger partial charge in [0.05, 0.1) is 40.8 Å². The van der Waals surface area contributed by atoms with Gasteiger partial charge in [-0.3, -0.25) is 19.4 Å². The minimum atomic E-state index is -0.356. The number of fused-ring (bicyclic) bond motifs is 9. The molecule has 21 aromatic rings. The van der Waals surface area contributed by atoms with E-state index in [4.69, 9.17) is 31.1 Å². The number of halogens is 1.